The van der Waals surface area contributed by atoms with E-state index in [0.717, 1.165) is 22.1 Å². The first kappa shape index (κ1) is 21.5. The molecule has 3 aromatic rings. The molecule has 0 aliphatic carbocycles. The predicted octanol–water partition coefficient (Wildman–Crippen LogP) is 3.24. The van der Waals surface area contributed by atoms with Crippen molar-refractivity contribution in [2.45, 2.75) is 31.7 Å². The molecule has 5 rings (SSSR count). The maximum absolute atomic E-state index is 12.8. The van der Waals surface area contributed by atoms with Crippen molar-refractivity contribution >= 4 is 49.7 Å². The Labute approximate surface area is 195 Å². The Kier molecular flexibility index (Phi) is 5.30. The number of aryl methyl sites for hydroxylation is 2. The first-order chi connectivity index (χ1) is 15.2. The second kappa shape index (κ2) is 7.90. The number of benzene rings is 1. The molecule has 2 atom stereocenters. The summed E-state index contributed by atoms with van der Waals surface area (Å²) in [6, 6.07) is 12.6. The molecule has 2 aromatic heterocycles. The minimum atomic E-state index is -3.05. The minimum Gasteiger partial charge on any atom is -0.315 e. The average molecular weight is 489 g/mol. The summed E-state index contributed by atoms with van der Waals surface area (Å²) in [6.07, 6.45) is 0. The third kappa shape index (κ3) is 3.93. The third-order valence-corrected chi connectivity index (χ3v) is 9.41. The number of sulfone groups is 1. The second-order valence-corrected chi connectivity index (χ2v) is 11.9. The van der Waals surface area contributed by atoms with E-state index < -0.39 is 9.84 Å². The van der Waals surface area contributed by atoms with E-state index >= 15 is 0 Å². The molecule has 7 nitrogen and oxygen atoms in total. The lowest BCUT2D eigenvalue weighted by Gasteiger charge is -2.25. The lowest BCUT2D eigenvalue weighted by Crippen LogP contribution is -2.30. The predicted molar refractivity (Wildman–Crippen MR) is 130 cm³/mol. The van der Waals surface area contributed by atoms with Gasteiger partial charge < -0.3 is 4.90 Å². The van der Waals surface area contributed by atoms with Crippen molar-refractivity contribution in [1.82, 2.24) is 9.38 Å². The van der Waals surface area contributed by atoms with Crippen LogP contribution >= 0.6 is 23.4 Å². The fourth-order valence-corrected chi connectivity index (χ4v) is 8.05. The standard InChI is InChI=1S/C22H21ClN4O3S2/c1-13-6-7-16(9-17(13)23)26(22-25-18-11-32(29,30)12-19(18)31-22)10-15-8-21(28)27-14(2)4-3-5-20(27)24-15/h3-9,18-19H,10-12H2,1-2H3/t18-,19+/m0/s1. The van der Waals surface area contributed by atoms with E-state index in [9.17, 15) is 13.2 Å². The highest BCUT2D eigenvalue weighted by atomic mass is 35.5. The highest BCUT2D eigenvalue weighted by molar-refractivity contribution is 8.15. The van der Waals surface area contributed by atoms with Crippen LogP contribution in [0.3, 0.4) is 0 Å². The Balaban J connectivity index is 1.56. The van der Waals surface area contributed by atoms with E-state index in [4.69, 9.17) is 21.6 Å². The number of hydrogen-bond acceptors (Lipinski definition) is 7. The van der Waals surface area contributed by atoms with Gasteiger partial charge in [-0.05, 0) is 43.7 Å². The third-order valence-electron chi connectivity index (χ3n) is 5.76. The van der Waals surface area contributed by atoms with Gasteiger partial charge in [-0.2, -0.15) is 0 Å². The van der Waals surface area contributed by atoms with Gasteiger partial charge in [0, 0.05) is 27.7 Å². The number of nitrogens with zero attached hydrogens (tertiary/aromatic N) is 4. The molecule has 1 aromatic carbocycles. The molecule has 0 unspecified atom stereocenters. The normalized spacial score (nSPS) is 21.5. The zero-order valence-electron chi connectivity index (χ0n) is 17.5. The van der Waals surface area contributed by atoms with Crippen LogP contribution in [0.4, 0.5) is 5.69 Å². The Hall–Kier alpha value is -2.36. The Morgan fingerprint density at radius 2 is 2.00 bits per heavy atom. The van der Waals surface area contributed by atoms with E-state index in [1.165, 1.54) is 17.8 Å². The molecule has 2 aliphatic rings. The first-order valence-electron chi connectivity index (χ1n) is 10.2. The van der Waals surface area contributed by atoms with Crippen LogP contribution < -0.4 is 10.5 Å². The zero-order chi connectivity index (χ0) is 22.6. The summed E-state index contributed by atoms with van der Waals surface area (Å²) in [4.78, 5) is 24.2. The zero-order valence-corrected chi connectivity index (χ0v) is 19.9. The first-order valence-corrected chi connectivity index (χ1v) is 13.2. The summed E-state index contributed by atoms with van der Waals surface area (Å²) in [7, 11) is -3.05. The van der Waals surface area contributed by atoms with Gasteiger partial charge in [0.1, 0.15) is 5.65 Å². The highest BCUT2D eigenvalue weighted by Crippen LogP contribution is 2.38. The molecule has 1 fully saturated rings. The van der Waals surface area contributed by atoms with Crippen molar-refractivity contribution in [2.24, 2.45) is 4.99 Å². The number of rotatable bonds is 3. The quantitative estimate of drug-likeness (QED) is 0.562. The molecule has 4 heterocycles. The number of amidine groups is 1. The summed E-state index contributed by atoms with van der Waals surface area (Å²) in [5.74, 6) is 0.207. The van der Waals surface area contributed by atoms with Crippen molar-refractivity contribution in [1.29, 1.82) is 0 Å². The SMILES string of the molecule is Cc1ccc(N(Cc2cc(=O)n3c(C)cccc3n2)C2=N[C@H]3CS(=O)(=O)C[C@H]3S2)cc1Cl. The highest BCUT2D eigenvalue weighted by Gasteiger charge is 2.44. The van der Waals surface area contributed by atoms with Crippen LogP contribution in [0.1, 0.15) is 17.0 Å². The van der Waals surface area contributed by atoms with E-state index in [-0.39, 0.29) is 28.4 Å². The van der Waals surface area contributed by atoms with Crippen molar-refractivity contribution in [3.63, 3.8) is 0 Å². The van der Waals surface area contributed by atoms with Crippen LogP contribution in [0, 0.1) is 13.8 Å². The molecule has 32 heavy (non-hydrogen) atoms. The second-order valence-electron chi connectivity index (χ2n) is 8.18. The molecule has 0 saturated carbocycles. The Bertz CT molecular complexity index is 1430. The molecule has 10 heteroatoms. The molecule has 0 bridgehead atoms. The smallest absolute Gasteiger partial charge is 0.258 e. The van der Waals surface area contributed by atoms with Gasteiger partial charge in [-0.1, -0.05) is 35.5 Å². The number of aliphatic imine (C=N–C) groups is 1. The van der Waals surface area contributed by atoms with E-state index in [1.807, 2.05) is 55.1 Å². The number of thioether (sulfide) groups is 1. The summed E-state index contributed by atoms with van der Waals surface area (Å²) < 4.78 is 25.6. The molecule has 1 saturated heterocycles. The molecule has 0 amide bonds. The maximum Gasteiger partial charge on any atom is 0.258 e. The van der Waals surface area contributed by atoms with Crippen LogP contribution in [0.2, 0.25) is 5.02 Å². The summed E-state index contributed by atoms with van der Waals surface area (Å²) in [5.41, 5.74) is 3.63. The van der Waals surface area contributed by atoms with Crippen molar-refractivity contribution in [3.8, 4) is 0 Å². The molecule has 0 spiro atoms. The fourth-order valence-electron chi connectivity index (χ4n) is 4.10. The number of pyridine rings is 1. The molecular formula is C22H21ClN4O3S2. The largest absolute Gasteiger partial charge is 0.315 e. The van der Waals surface area contributed by atoms with Crippen LogP contribution in [0.5, 0.6) is 0 Å². The number of aromatic nitrogens is 2. The van der Waals surface area contributed by atoms with E-state index in [1.54, 1.807) is 4.40 Å². The van der Waals surface area contributed by atoms with E-state index in [2.05, 4.69) is 0 Å². The van der Waals surface area contributed by atoms with Crippen LogP contribution in [-0.4, -0.2) is 45.8 Å². The molecule has 166 valence electrons. The van der Waals surface area contributed by atoms with E-state index in [0.29, 0.717) is 22.9 Å². The van der Waals surface area contributed by atoms with Gasteiger partial charge in [-0.15, -0.1) is 0 Å². The van der Waals surface area contributed by atoms with Gasteiger partial charge in [0.2, 0.25) is 0 Å². The average Bonchev–Trinajstić information content (AvgIpc) is 3.21. The molecule has 0 radical (unpaired) electrons. The molecule has 0 N–H and O–H groups in total. The molecule has 2 aliphatic heterocycles. The maximum atomic E-state index is 12.8. The van der Waals surface area contributed by atoms with Gasteiger partial charge in [-0.25, -0.2) is 13.4 Å². The van der Waals surface area contributed by atoms with Crippen molar-refractivity contribution in [2.75, 3.05) is 16.4 Å². The topological polar surface area (TPSA) is 84.1 Å². The lowest BCUT2D eigenvalue weighted by molar-refractivity contribution is 0.601. The summed E-state index contributed by atoms with van der Waals surface area (Å²) in [6.45, 7) is 4.12. The van der Waals surface area contributed by atoms with Gasteiger partial charge >= 0.3 is 0 Å². The van der Waals surface area contributed by atoms with Crippen LogP contribution in [0.15, 0.2) is 52.3 Å². The number of fused-ring (bicyclic) bond motifs is 2. The lowest BCUT2D eigenvalue weighted by atomic mass is 10.2. The summed E-state index contributed by atoms with van der Waals surface area (Å²) in [5, 5.41) is 1.26. The minimum absolute atomic E-state index is 0.0749. The van der Waals surface area contributed by atoms with Gasteiger partial charge in [0.25, 0.3) is 5.56 Å². The monoisotopic (exact) mass is 488 g/mol. The van der Waals surface area contributed by atoms with Crippen molar-refractivity contribution in [3.05, 3.63) is 74.8 Å². The molecular weight excluding hydrogens is 468 g/mol. The van der Waals surface area contributed by atoms with Gasteiger partial charge in [0.15, 0.2) is 15.0 Å². The number of hydrogen-bond donors (Lipinski definition) is 0. The van der Waals surface area contributed by atoms with Gasteiger partial charge in [0.05, 0.1) is 29.8 Å². The fraction of sp³-hybridized carbons (Fsp3) is 0.318. The van der Waals surface area contributed by atoms with Crippen LogP contribution in [-0.2, 0) is 16.4 Å². The Morgan fingerprint density at radius 3 is 2.75 bits per heavy atom. The van der Waals surface area contributed by atoms with Gasteiger partial charge in [-0.3, -0.25) is 14.2 Å². The summed E-state index contributed by atoms with van der Waals surface area (Å²) >= 11 is 7.87. The Morgan fingerprint density at radius 1 is 1.19 bits per heavy atom. The van der Waals surface area contributed by atoms with Crippen LogP contribution in [0.25, 0.3) is 5.65 Å². The number of halogens is 1. The van der Waals surface area contributed by atoms with Crippen molar-refractivity contribution < 1.29 is 8.42 Å². The number of anilines is 1.